The van der Waals surface area contributed by atoms with Crippen LogP contribution in [0.5, 0.6) is 5.75 Å². The fraction of sp³-hybridized carbons (Fsp3) is 0.393. The van der Waals surface area contributed by atoms with E-state index in [1.807, 2.05) is 44.2 Å². The Morgan fingerprint density at radius 2 is 1.97 bits per heavy atom. The van der Waals surface area contributed by atoms with Crippen molar-refractivity contribution in [3.05, 3.63) is 55.1 Å². The molecule has 1 saturated heterocycles. The molecule has 0 spiro atoms. The van der Waals surface area contributed by atoms with Crippen molar-refractivity contribution in [1.82, 2.24) is 10.2 Å². The zero-order valence-corrected chi connectivity index (χ0v) is 22.8. The zero-order valence-electron chi connectivity index (χ0n) is 22.0. The number of benzene rings is 2. The number of imide groups is 1. The van der Waals surface area contributed by atoms with Crippen molar-refractivity contribution in [1.29, 1.82) is 0 Å². The average molecular weight is 555 g/mol. The zero-order chi connectivity index (χ0) is 28.1. The molecule has 3 amide bonds. The lowest BCUT2D eigenvalue weighted by atomic mass is 10.0. The molecule has 2 aromatic rings. The molecule has 2 aliphatic rings. The van der Waals surface area contributed by atoms with Gasteiger partial charge in [-0.05, 0) is 43.0 Å². The van der Waals surface area contributed by atoms with Crippen molar-refractivity contribution in [3.63, 3.8) is 0 Å². The van der Waals surface area contributed by atoms with Crippen LogP contribution < -0.4 is 21.1 Å². The molecular weight excluding hydrogens is 520 g/mol. The summed E-state index contributed by atoms with van der Waals surface area (Å²) in [6.45, 7) is 7.29. The maximum Gasteiger partial charge on any atom is 0.258 e. The number of ether oxygens (including phenoxy) is 2. The minimum Gasteiger partial charge on any atom is -0.484 e. The molecule has 5 N–H and O–H groups in total. The second kappa shape index (κ2) is 12.6. The van der Waals surface area contributed by atoms with E-state index in [0.29, 0.717) is 12.2 Å². The predicted octanol–water partition coefficient (Wildman–Crippen LogP) is 2.78. The fourth-order valence-electron chi connectivity index (χ4n) is 4.49. The number of aliphatic hydroxyl groups excluding tert-OH is 1. The summed E-state index contributed by atoms with van der Waals surface area (Å²) in [4.78, 5) is 42.5. The highest BCUT2D eigenvalue weighted by Gasteiger charge is 2.42. The lowest BCUT2D eigenvalue weighted by molar-refractivity contribution is -0.159. The van der Waals surface area contributed by atoms with Crippen molar-refractivity contribution >= 4 is 40.9 Å². The number of nitrogens with one attached hydrogen (secondary N) is 2. The van der Waals surface area contributed by atoms with Gasteiger partial charge in [0.25, 0.3) is 11.8 Å². The number of hydrogen-bond acceptors (Lipinski definition) is 9. The fourth-order valence-corrected chi connectivity index (χ4v) is 5.45. The second-order valence-electron chi connectivity index (χ2n) is 9.85. The van der Waals surface area contributed by atoms with Crippen LogP contribution in [0.15, 0.2) is 64.9 Å². The van der Waals surface area contributed by atoms with E-state index in [1.54, 1.807) is 23.9 Å². The molecule has 0 saturated carbocycles. The van der Waals surface area contributed by atoms with Gasteiger partial charge in [-0.1, -0.05) is 43.8 Å². The van der Waals surface area contributed by atoms with E-state index in [-0.39, 0.29) is 25.6 Å². The van der Waals surface area contributed by atoms with Gasteiger partial charge in [0.05, 0.1) is 30.1 Å². The topological polar surface area (TPSA) is 143 Å². The lowest BCUT2D eigenvalue weighted by Gasteiger charge is -2.33. The standard InChI is InChI=1S/C28H34N4O6S/c1-4-19(27(35)32(22-11-12-37-28(22)36)26(34)18(29)13-16(2)3)31-25(33)15-38-17-9-10-24-21(14-17)30-20-7-5-6-8-23(20)39-24/h4-10,14,16,18-19,22,28,30,36H,1,11-13,15,29H2,2-3H3,(H,31,33)/t18-,19-,22-,28?/m0/s1. The van der Waals surface area contributed by atoms with Crippen LogP contribution in [0.2, 0.25) is 0 Å². The summed E-state index contributed by atoms with van der Waals surface area (Å²) in [5.41, 5.74) is 7.94. The normalized spacial score (nSPS) is 19.2. The van der Waals surface area contributed by atoms with E-state index in [2.05, 4.69) is 17.2 Å². The number of aliphatic hydroxyl groups is 1. The van der Waals surface area contributed by atoms with Crippen LogP contribution in [-0.4, -0.2) is 65.4 Å². The predicted molar refractivity (Wildman–Crippen MR) is 148 cm³/mol. The van der Waals surface area contributed by atoms with Crippen LogP contribution in [0, 0.1) is 5.92 Å². The first kappa shape index (κ1) is 28.6. The number of amides is 3. The molecule has 2 aromatic carbocycles. The van der Waals surface area contributed by atoms with Crippen LogP contribution in [-0.2, 0) is 19.1 Å². The Hall–Kier alpha value is -3.38. The second-order valence-corrected chi connectivity index (χ2v) is 10.9. The molecule has 10 nitrogen and oxygen atoms in total. The Balaban J connectivity index is 1.40. The third-order valence-electron chi connectivity index (χ3n) is 6.40. The number of nitrogens with zero attached hydrogens (tertiary/aromatic N) is 1. The highest BCUT2D eigenvalue weighted by molar-refractivity contribution is 7.99. The number of carbonyl (C=O) groups excluding carboxylic acids is 3. The van der Waals surface area contributed by atoms with Gasteiger partial charge in [0, 0.05) is 15.9 Å². The summed E-state index contributed by atoms with van der Waals surface area (Å²) in [5.74, 6) is -1.38. The van der Waals surface area contributed by atoms with Crippen molar-refractivity contribution in [3.8, 4) is 5.75 Å². The number of nitrogens with two attached hydrogens (primary N) is 1. The van der Waals surface area contributed by atoms with Crippen LogP contribution in [0.25, 0.3) is 0 Å². The number of fused-ring (bicyclic) bond motifs is 2. The van der Waals surface area contributed by atoms with Gasteiger partial charge in [0.2, 0.25) is 5.91 Å². The average Bonchev–Trinajstić information content (AvgIpc) is 3.33. The Labute approximate surface area is 231 Å². The van der Waals surface area contributed by atoms with Crippen LogP contribution in [0.4, 0.5) is 11.4 Å². The van der Waals surface area contributed by atoms with Gasteiger partial charge in [0.15, 0.2) is 12.9 Å². The number of carbonyl (C=O) groups is 3. The largest absolute Gasteiger partial charge is 0.484 e. The third-order valence-corrected chi connectivity index (χ3v) is 7.55. The summed E-state index contributed by atoms with van der Waals surface area (Å²) < 4.78 is 10.9. The van der Waals surface area contributed by atoms with Gasteiger partial charge in [0.1, 0.15) is 11.8 Å². The van der Waals surface area contributed by atoms with E-state index in [0.717, 1.165) is 26.1 Å². The van der Waals surface area contributed by atoms with Crippen molar-refractivity contribution in [2.24, 2.45) is 11.7 Å². The first-order valence-electron chi connectivity index (χ1n) is 12.8. The Kier molecular flexibility index (Phi) is 9.28. The highest BCUT2D eigenvalue weighted by Crippen LogP contribution is 2.45. The molecule has 2 aliphatic heterocycles. The molecule has 39 heavy (non-hydrogen) atoms. The van der Waals surface area contributed by atoms with Crippen molar-refractivity contribution in [2.45, 2.75) is 60.9 Å². The maximum atomic E-state index is 13.5. The molecule has 4 atom stereocenters. The van der Waals surface area contributed by atoms with Crippen LogP contribution in [0.3, 0.4) is 0 Å². The van der Waals surface area contributed by atoms with Crippen molar-refractivity contribution in [2.75, 3.05) is 18.5 Å². The minimum atomic E-state index is -1.34. The molecule has 1 unspecified atom stereocenters. The number of para-hydroxylation sites is 1. The van der Waals surface area contributed by atoms with E-state index < -0.39 is 42.1 Å². The highest BCUT2D eigenvalue weighted by atomic mass is 32.2. The first-order chi connectivity index (χ1) is 18.7. The summed E-state index contributed by atoms with van der Waals surface area (Å²) >= 11 is 1.64. The lowest BCUT2D eigenvalue weighted by Crippen LogP contribution is -2.59. The molecular formula is C28H34N4O6S. The third kappa shape index (κ3) is 6.80. The quantitative estimate of drug-likeness (QED) is 0.278. The summed E-state index contributed by atoms with van der Waals surface area (Å²) in [7, 11) is 0. The maximum absolute atomic E-state index is 13.5. The molecule has 1 fully saturated rings. The van der Waals surface area contributed by atoms with Gasteiger partial charge in [-0.25, -0.2) is 0 Å². The Bertz CT molecular complexity index is 1240. The van der Waals surface area contributed by atoms with Gasteiger partial charge in [-0.15, -0.1) is 6.58 Å². The Morgan fingerprint density at radius 3 is 2.67 bits per heavy atom. The number of anilines is 2. The van der Waals surface area contributed by atoms with E-state index in [4.69, 9.17) is 15.2 Å². The summed E-state index contributed by atoms with van der Waals surface area (Å²) in [6, 6.07) is 10.3. The molecule has 0 bridgehead atoms. The molecule has 0 aromatic heterocycles. The molecule has 11 heteroatoms. The number of rotatable bonds is 10. The van der Waals surface area contributed by atoms with E-state index in [1.165, 1.54) is 6.08 Å². The minimum absolute atomic E-state index is 0.116. The Morgan fingerprint density at radius 1 is 1.23 bits per heavy atom. The van der Waals surface area contributed by atoms with Gasteiger partial charge in [-0.3, -0.25) is 19.3 Å². The summed E-state index contributed by atoms with van der Waals surface area (Å²) in [6.07, 6.45) is 0.499. The number of hydrogen-bond donors (Lipinski definition) is 4. The van der Waals surface area contributed by atoms with Crippen LogP contribution >= 0.6 is 11.8 Å². The monoisotopic (exact) mass is 554 g/mol. The molecule has 2 heterocycles. The SMILES string of the molecule is C=C[C@H](NC(=O)COc1ccc2c(c1)Nc1ccccc1S2)C(=O)N(C(=O)[C@@H](N)CC(C)C)[C@H]1CCOC1O. The smallest absolute Gasteiger partial charge is 0.258 e. The molecule has 4 rings (SSSR count). The van der Waals surface area contributed by atoms with Crippen molar-refractivity contribution < 1.29 is 29.0 Å². The first-order valence-corrected chi connectivity index (χ1v) is 13.6. The van der Waals surface area contributed by atoms with Crippen LogP contribution in [0.1, 0.15) is 26.7 Å². The van der Waals surface area contributed by atoms with Gasteiger partial charge < -0.3 is 30.9 Å². The molecule has 208 valence electrons. The summed E-state index contributed by atoms with van der Waals surface area (Å²) in [5, 5.41) is 16.2. The van der Waals surface area contributed by atoms with E-state index in [9.17, 15) is 19.5 Å². The molecule has 0 aliphatic carbocycles. The van der Waals surface area contributed by atoms with Gasteiger partial charge in [-0.2, -0.15) is 0 Å². The van der Waals surface area contributed by atoms with E-state index >= 15 is 0 Å². The molecule has 0 radical (unpaired) electrons. The van der Waals surface area contributed by atoms with Gasteiger partial charge >= 0.3 is 0 Å².